The van der Waals surface area contributed by atoms with Gasteiger partial charge in [0, 0.05) is 19.0 Å². The fourth-order valence-electron chi connectivity index (χ4n) is 4.18. The number of carboxylic acid groups (broad SMARTS) is 1. The van der Waals surface area contributed by atoms with Crippen molar-refractivity contribution in [2.45, 2.75) is 25.7 Å². The molecule has 2 aliphatic rings. The van der Waals surface area contributed by atoms with Gasteiger partial charge >= 0.3 is 0 Å². The van der Waals surface area contributed by atoms with Crippen molar-refractivity contribution in [3.05, 3.63) is 59.2 Å². The standard InChI is InChI=1S/C18H17F2N.C3H7NO2/c1-10-12-6-5-11(18-16(19)3-2-4-17(18)20)7-13(12)15-9-21-8-14(10)15;1-2-4-3(5)6/h2-7,10,14-15,21H,8-9H2,1H3;4H,2H2,1H3,(H,5,6)/p-1. The molecule has 4 nitrogen and oxygen atoms in total. The summed E-state index contributed by atoms with van der Waals surface area (Å²) >= 11 is 0. The highest BCUT2D eigenvalue weighted by Crippen LogP contribution is 2.49. The second kappa shape index (κ2) is 8.05. The van der Waals surface area contributed by atoms with Gasteiger partial charge in [-0.3, -0.25) is 0 Å². The Bertz CT molecular complexity index is 821. The van der Waals surface area contributed by atoms with Crippen LogP contribution in [0.15, 0.2) is 36.4 Å². The van der Waals surface area contributed by atoms with Crippen molar-refractivity contribution in [1.82, 2.24) is 10.6 Å². The van der Waals surface area contributed by atoms with Gasteiger partial charge in [-0.05, 0) is 54.1 Å². The maximum Gasteiger partial charge on any atom is 0.134 e. The number of hydrogen-bond donors (Lipinski definition) is 2. The van der Waals surface area contributed by atoms with Gasteiger partial charge in [0.15, 0.2) is 0 Å². The third-order valence-corrected chi connectivity index (χ3v) is 5.45. The van der Waals surface area contributed by atoms with E-state index in [1.54, 1.807) is 6.92 Å². The van der Waals surface area contributed by atoms with Crippen LogP contribution in [0.2, 0.25) is 0 Å². The summed E-state index contributed by atoms with van der Waals surface area (Å²) in [6.45, 7) is 6.35. The SMILES string of the molecule is CC1c2ccc(-c3c(F)cccc3F)cc2C2CNCC12.CCNC(=O)[O-]. The number of amides is 1. The average molecular weight is 373 g/mol. The highest BCUT2D eigenvalue weighted by molar-refractivity contribution is 5.67. The lowest BCUT2D eigenvalue weighted by Gasteiger charge is -2.12. The molecular weight excluding hydrogens is 350 g/mol. The zero-order valence-corrected chi connectivity index (χ0v) is 15.4. The summed E-state index contributed by atoms with van der Waals surface area (Å²) in [4.78, 5) is 9.38. The summed E-state index contributed by atoms with van der Waals surface area (Å²) in [6, 6.07) is 9.93. The molecular formula is C21H23F2N2O2-. The number of nitrogens with one attached hydrogen (secondary N) is 2. The van der Waals surface area contributed by atoms with Crippen LogP contribution in [-0.4, -0.2) is 25.7 Å². The Morgan fingerprint density at radius 1 is 1.19 bits per heavy atom. The first-order valence-electron chi connectivity index (χ1n) is 9.17. The molecule has 0 aromatic heterocycles. The minimum absolute atomic E-state index is 0.0855. The van der Waals surface area contributed by atoms with Crippen LogP contribution in [0.4, 0.5) is 13.6 Å². The highest BCUT2D eigenvalue weighted by atomic mass is 19.1. The molecule has 1 fully saturated rings. The lowest BCUT2D eigenvalue weighted by molar-refractivity contribution is -0.250. The van der Waals surface area contributed by atoms with Gasteiger partial charge in [0.05, 0.1) is 5.56 Å². The smallest absolute Gasteiger partial charge is 0.134 e. The number of benzene rings is 2. The average Bonchev–Trinajstić information content (AvgIpc) is 3.19. The monoisotopic (exact) mass is 373 g/mol. The van der Waals surface area contributed by atoms with Crippen molar-refractivity contribution in [2.75, 3.05) is 19.6 Å². The molecule has 2 aromatic carbocycles. The van der Waals surface area contributed by atoms with Gasteiger partial charge in [-0.15, -0.1) is 0 Å². The van der Waals surface area contributed by atoms with Gasteiger partial charge in [-0.25, -0.2) is 8.78 Å². The zero-order chi connectivity index (χ0) is 19.6. The molecule has 3 atom stereocenters. The maximum absolute atomic E-state index is 14.0. The van der Waals surface area contributed by atoms with Crippen molar-refractivity contribution in [3.8, 4) is 11.1 Å². The predicted octanol–water partition coefficient (Wildman–Crippen LogP) is 2.99. The Hall–Kier alpha value is -2.47. The van der Waals surface area contributed by atoms with Crippen LogP contribution in [0.5, 0.6) is 0 Å². The topological polar surface area (TPSA) is 64.2 Å². The van der Waals surface area contributed by atoms with Gasteiger partial charge < -0.3 is 20.5 Å². The zero-order valence-electron chi connectivity index (χ0n) is 15.4. The summed E-state index contributed by atoms with van der Waals surface area (Å²) < 4.78 is 28.0. The third kappa shape index (κ3) is 3.81. The van der Waals surface area contributed by atoms with Gasteiger partial charge in [0.25, 0.3) is 0 Å². The van der Waals surface area contributed by atoms with E-state index in [4.69, 9.17) is 0 Å². The molecule has 4 rings (SSSR count). The maximum atomic E-state index is 14.0. The first kappa shape index (κ1) is 19.3. The lowest BCUT2D eigenvalue weighted by atomic mass is 9.91. The van der Waals surface area contributed by atoms with E-state index >= 15 is 0 Å². The molecule has 1 saturated heterocycles. The fourth-order valence-corrected chi connectivity index (χ4v) is 4.18. The van der Waals surface area contributed by atoms with E-state index in [0.29, 0.717) is 29.9 Å². The normalized spacial score (nSPS) is 22.4. The molecule has 0 saturated carbocycles. The Balaban J connectivity index is 0.000000307. The van der Waals surface area contributed by atoms with E-state index in [-0.39, 0.29) is 5.56 Å². The first-order chi connectivity index (χ1) is 12.9. The molecule has 1 heterocycles. The molecule has 0 spiro atoms. The van der Waals surface area contributed by atoms with E-state index in [9.17, 15) is 18.7 Å². The predicted molar refractivity (Wildman–Crippen MR) is 98.4 cm³/mol. The molecule has 0 radical (unpaired) electrons. The van der Waals surface area contributed by atoms with Crippen LogP contribution in [-0.2, 0) is 0 Å². The van der Waals surface area contributed by atoms with Crippen LogP contribution in [0, 0.1) is 17.6 Å². The van der Waals surface area contributed by atoms with Crippen molar-refractivity contribution in [1.29, 1.82) is 0 Å². The van der Waals surface area contributed by atoms with Gasteiger partial charge in [-0.2, -0.15) is 0 Å². The molecule has 2 N–H and O–H groups in total. The Labute approximate surface area is 157 Å². The molecule has 6 heteroatoms. The third-order valence-electron chi connectivity index (χ3n) is 5.45. The van der Waals surface area contributed by atoms with Crippen molar-refractivity contribution in [3.63, 3.8) is 0 Å². The molecule has 1 aliphatic carbocycles. The van der Waals surface area contributed by atoms with Crippen LogP contribution in [0.3, 0.4) is 0 Å². The Morgan fingerprint density at radius 2 is 1.89 bits per heavy atom. The lowest BCUT2D eigenvalue weighted by Crippen LogP contribution is -2.35. The van der Waals surface area contributed by atoms with E-state index in [1.807, 2.05) is 17.4 Å². The number of carbonyl (C=O) groups excluding carboxylic acids is 1. The number of halogens is 2. The number of carbonyl (C=O) groups is 1. The van der Waals surface area contributed by atoms with Gasteiger partial charge in [0.2, 0.25) is 0 Å². The van der Waals surface area contributed by atoms with E-state index in [2.05, 4.69) is 18.3 Å². The summed E-state index contributed by atoms with van der Waals surface area (Å²) in [7, 11) is 0. The van der Waals surface area contributed by atoms with Crippen molar-refractivity contribution < 1.29 is 18.7 Å². The van der Waals surface area contributed by atoms with E-state index in [0.717, 1.165) is 13.1 Å². The van der Waals surface area contributed by atoms with Gasteiger partial charge in [0.1, 0.15) is 17.7 Å². The van der Waals surface area contributed by atoms with Gasteiger partial charge in [-0.1, -0.05) is 31.2 Å². The molecule has 2 aromatic rings. The summed E-state index contributed by atoms with van der Waals surface area (Å²) in [6.07, 6.45) is -1.21. The first-order valence-corrected chi connectivity index (χ1v) is 9.17. The van der Waals surface area contributed by atoms with E-state index < -0.39 is 17.7 Å². The minimum Gasteiger partial charge on any atom is -0.530 e. The van der Waals surface area contributed by atoms with Crippen LogP contribution in [0.1, 0.15) is 36.8 Å². The molecule has 3 unspecified atom stereocenters. The summed E-state index contributed by atoms with van der Waals surface area (Å²) in [5.74, 6) is 0.606. The van der Waals surface area contributed by atoms with Crippen LogP contribution >= 0.6 is 0 Å². The minimum atomic E-state index is -1.21. The fraction of sp³-hybridized carbons (Fsp3) is 0.381. The molecule has 1 amide bonds. The Kier molecular flexibility index (Phi) is 5.75. The van der Waals surface area contributed by atoms with E-state index in [1.165, 1.54) is 29.3 Å². The summed E-state index contributed by atoms with van der Waals surface area (Å²) in [5.41, 5.74) is 3.33. The molecule has 144 valence electrons. The molecule has 0 bridgehead atoms. The highest BCUT2D eigenvalue weighted by Gasteiger charge is 2.41. The Morgan fingerprint density at radius 3 is 2.48 bits per heavy atom. The van der Waals surface area contributed by atoms with Crippen molar-refractivity contribution >= 4 is 6.09 Å². The largest absolute Gasteiger partial charge is 0.530 e. The van der Waals surface area contributed by atoms with Crippen molar-refractivity contribution in [2.24, 2.45) is 5.92 Å². The molecule has 1 aliphatic heterocycles. The second-order valence-electron chi connectivity index (χ2n) is 6.98. The van der Waals surface area contributed by atoms with Crippen LogP contribution in [0.25, 0.3) is 11.1 Å². The number of rotatable bonds is 2. The quantitative estimate of drug-likeness (QED) is 0.851. The van der Waals surface area contributed by atoms with Crippen LogP contribution < -0.4 is 15.7 Å². The molecule has 27 heavy (non-hydrogen) atoms. The number of hydrogen-bond acceptors (Lipinski definition) is 3. The number of fused-ring (bicyclic) bond motifs is 3. The summed E-state index contributed by atoms with van der Waals surface area (Å²) in [5, 5.41) is 14.8. The second-order valence-corrected chi connectivity index (χ2v) is 6.98.